The molecule has 0 bridgehead atoms. The van der Waals surface area contributed by atoms with Crippen LogP contribution in [-0.2, 0) is 14.8 Å². The van der Waals surface area contributed by atoms with Crippen LogP contribution in [-0.4, -0.2) is 68.2 Å². The number of sulfonamides is 1. The van der Waals surface area contributed by atoms with E-state index >= 15 is 0 Å². The predicted molar refractivity (Wildman–Crippen MR) is 108 cm³/mol. The number of hydrogen-bond donors (Lipinski definition) is 0. The summed E-state index contributed by atoms with van der Waals surface area (Å²) in [7, 11) is -2.02. The number of piperazine rings is 1. The zero-order chi connectivity index (χ0) is 21.0. The molecule has 0 atom stereocenters. The number of carbonyl (C=O) groups excluding carboxylic acids is 1. The van der Waals surface area contributed by atoms with Crippen molar-refractivity contribution in [1.82, 2.24) is 9.21 Å². The number of carbonyl (C=O) groups is 1. The van der Waals surface area contributed by atoms with E-state index in [1.807, 2.05) is 42.3 Å². The van der Waals surface area contributed by atoms with Crippen molar-refractivity contribution in [2.75, 3.05) is 44.7 Å². The van der Waals surface area contributed by atoms with Gasteiger partial charge in [0, 0.05) is 51.0 Å². The smallest absolute Gasteiger partial charge is 0.270 e. The molecule has 29 heavy (non-hydrogen) atoms. The van der Waals surface area contributed by atoms with Gasteiger partial charge < -0.3 is 9.80 Å². The Morgan fingerprint density at radius 1 is 1.07 bits per heavy atom. The zero-order valence-electron chi connectivity index (χ0n) is 16.0. The predicted octanol–water partition coefficient (Wildman–Crippen LogP) is 1.56. The van der Waals surface area contributed by atoms with Gasteiger partial charge in [0.15, 0.2) is 0 Å². The van der Waals surface area contributed by atoms with Crippen LogP contribution < -0.4 is 4.90 Å². The number of nitrogens with zero attached hydrogens (tertiary/aromatic N) is 4. The Morgan fingerprint density at radius 2 is 1.72 bits per heavy atom. The van der Waals surface area contributed by atoms with Gasteiger partial charge in [0.25, 0.3) is 5.69 Å². The van der Waals surface area contributed by atoms with Gasteiger partial charge in [-0.3, -0.25) is 14.9 Å². The van der Waals surface area contributed by atoms with Crippen LogP contribution in [0.15, 0.2) is 59.5 Å². The van der Waals surface area contributed by atoms with E-state index in [0.29, 0.717) is 0 Å². The van der Waals surface area contributed by atoms with Gasteiger partial charge >= 0.3 is 0 Å². The summed E-state index contributed by atoms with van der Waals surface area (Å²) in [6, 6.07) is 14.5. The molecule has 1 saturated heterocycles. The monoisotopic (exact) mass is 418 g/mol. The van der Waals surface area contributed by atoms with Crippen molar-refractivity contribution in [3.63, 3.8) is 0 Å². The minimum Gasteiger partial charge on any atom is -0.365 e. The van der Waals surface area contributed by atoms with Gasteiger partial charge in [-0.05, 0) is 18.2 Å². The summed E-state index contributed by atoms with van der Waals surface area (Å²) < 4.78 is 26.8. The minimum absolute atomic E-state index is 0.0799. The molecule has 0 aliphatic carbocycles. The topological polar surface area (TPSA) is 104 Å². The van der Waals surface area contributed by atoms with E-state index in [0.717, 1.165) is 11.8 Å². The molecule has 1 aliphatic rings. The molecule has 10 heteroatoms. The third-order valence-electron chi connectivity index (χ3n) is 4.83. The molecule has 2 aromatic rings. The fourth-order valence-electron chi connectivity index (χ4n) is 3.16. The van der Waals surface area contributed by atoms with Gasteiger partial charge in [0.2, 0.25) is 15.9 Å². The van der Waals surface area contributed by atoms with E-state index in [1.54, 1.807) is 4.90 Å². The maximum Gasteiger partial charge on any atom is 0.270 e. The van der Waals surface area contributed by atoms with E-state index in [2.05, 4.69) is 0 Å². The lowest BCUT2D eigenvalue weighted by Gasteiger charge is -2.35. The first-order valence-corrected chi connectivity index (χ1v) is 10.5. The Balaban J connectivity index is 1.61. The molecule has 1 fully saturated rings. The molecule has 1 heterocycles. The van der Waals surface area contributed by atoms with Crippen LogP contribution in [0.4, 0.5) is 11.4 Å². The normalized spacial score (nSPS) is 15.1. The number of rotatable bonds is 6. The molecular formula is C19H22N4O5S. The Kier molecular flexibility index (Phi) is 6.14. The van der Waals surface area contributed by atoms with E-state index < -0.39 is 14.9 Å². The fourth-order valence-corrected chi connectivity index (χ4v) is 4.62. The quantitative estimate of drug-likeness (QED) is 0.521. The number of anilines is 1. The number of benzene rings is 2. The molecule has 0 N–H and O–H groups in total. The number of amides is 1. The van der Waals surface area contributed by atoms with Crippen molar-refractivity contribution in [3.05, 3.63) is 64.7 Å². The molecule has 1 aliphatic heterocycles. The number of para-hydroxylation sites is 1. The number of nitro benzene ring substituents is 1. The highest BCUT2D eigenvalue weighted by atomic mass is 32.2. The van der Waals surface area contributed by atoms with Gasteiger partial charge in [-0.1, -0.05) is 24.3 Å². The largest absolute Gasteiger partial charge is 0.365 e. The Bertz CT molecular complexity index is 989. The summed E-state index contributed by atoms with van der Waals surface area (Å²) in [4.78, 5) is 26.2. The number of nitro groups is 1. The highest BCUT2D eigenvalue weighted by molar-refractivity contribution is 7.89. The van der Waals surface area contributed by atoms with Crippen molar-refractivity contribution in [3.8, 4) is 0 Å². The van der Waals surface area contributed by atoms with E-state index in [1.165, 1.54) is 22.5 Å². The van der Waals surface area contributed by atoms with Gasteiger partial charge in [-0.2, -0.15) is 4.31 Å². The van der Waals surface area contributed by atoms with Crippen LogP contribution in [0.25, 0.3) is 0 Å². The third-order valence-corrected chi connectivity index (χ3v) is 6.72. The summed E-state index contributed by atoms with van der Waals surface area (Å²) >= 11 is 0. The molecule has 3 rings (SSSR count). The van der Waals surface area contributed by atoms with Gasteiger partial charge in [-0.15, -0.1) is 0 Å². The number of likely N-dealkylation sites (N-methyl/N-ethyl adjacent to an activating group) is 1. The average molecular weight is 418 g/mol. The van der Waals surface area contributed by atoms with Crippen LogP contribution in [0.1, 0.15) is 0 Å². The SMILES string of the molecule is CN(CC(=O)N1CCN(S(=O)(=O)c2cccc([N+](=O)[O-])c2)CC1)c1ccccc1. The van der Waals surface area contributed by atoms with Crippen LogP contribution in [0.3, 0.4) is 0 Å². The molecule has 154 valence electrons. The molecule has 0 radical (unpaired) electrons. The lowest BCUT2D eigenvalue weighted by Crippen LogP contribution is -2.52. The van der Waals surface area contributed by atoms with Crippen molar-refractivity contribution in [2.24, 2.45) is 0 Å². The number of hydrogen-bond acceptors (Lipinski definition) is 6. The van der Waals surface area contributed by atoms with Crippen molar-refractivity contribution in [2.45, 2.75) is 4.90 Å². The molecule has 0 spiro atoms. The first kappa shape index (κ1) is 20.7. The third kappa shape index (κ3) is 4.72. The van der Waals surface area contributed by atoms with Crippen molar-refractivity contribution < 1.29 is 18.1 Å². The van der Waals surface area contributed by atoms with E-state index in [4.69, 9.17) is 0 Å². The van der Waals surface area contributed by atoms with Crippen LogP contribution in [0.2, 0.25) is 0 Å². The molecule has 0 aromatic heterocycles. The molecule has 2 aromatic carbocycles. The van der Waals surface area contributed by atoms with E-state index in [9.17, 15) is 23.3 Å². The highest BCUT2D eigenvalue weighted by Crippen LogP contribution is 2.22. The first-order valence-electron chi connectivity index (χ1n) is 9.07. The summed E-state index contributed by atoms with van der Waals surface area (Å²) in [5, 5.41) is 10.9. The maximum atomic E-state index is 12.8. The summed E-state index contributed by atoms with van der Waals surface area (Å²) in [5.41, 5.74) is 0.650. The molecule has 1 amide bonds. The second-order valence-corrected chi connectivity index (χ2v) is 8.67. The van der Waals surface area contributed by atoms with Gasteiger partial charge in [-0.25, -0.2) is 8.42 Å². The fraction of sp³-hybridized carbons (Fsp3) is 0.316. The van der Waals surface area contributed by atoms with Crippen molar-refractivity contribution in [1.29, 1.82) is 0 Å². The Morgan fingerprint density at radius 3 is 2.34 bits per heavy atom. The summed E-state index contributed by atoms with van der Waals surface area (Å²) in [5.74, 6) is -0.0799. The van der Waals surface area contributed by atoms with Crippen LogP contribution in [0.5, 0.6) is 0 Å². The molecule has 9 nitrogen and oxygen atoms in total. The zero-order valence-corrected chi connectivity index (χ0v) is 16.8. The second-order valence-electron chi connectivity index (χ2n) is 6.73. The van der Waals surface area contributed by atoms with Crippen LogP contribution >= 0.6 is 0 Å². The standard InChI is InChI=1S/C19H22N4O5S/c1-20(16-6-3-2-4-7-16)15-19(24)21-10-12-22(13-11-21)29(27,28)18-9-5-8-17(14-18)23(25)26/h2-9,14H,10-13,15H2,1H3. The summed E-state index contributed by atoms with van der Waals surface area (Å²) in [6.45, 7) is 1.03. The maximum absolute atomic E-state index is 12.8. The van der Waals surface area contributed by atoms with Crippen molar-refractivity contribution >= 4 is 27.3 Å². The summed E-state index contributed by atoms with van der Waals surface area (Å²) in [6.07, 6.45) is 0. The Hall–Kier alpha value is -2.98. The lowest BCUT2D eigenvalue weighted by atomic mass is 10.3. The average Bonchev–Trinajstić information content (AvgIpc) is 2.74. The Labute approximate surface area is 169 Å². The minimum atomic E-state index is -3.85. The van der Waals surface area contributed by atoms with E-state index in [-0.39, 0.29) is 49.2 Å². The lowest BCUT2D eigenvalue weighted by molar-refractivity contribution is -0.385. The highest BCUT2D eigenvalue weighted by Gasteiger charge is 2.31. The second kappa shape index (κ2) is 8.58. The molecule has 0 saturated carbocycles. The molecular weight excluding hydrogens is 396 g/mol. The first-order chi connectivity index (χ1) is 13.8. The van der Waals surface area contributed by atoms with Crippen LogP contribution in [0, 0.1) is 10.1 Å². The van der Waals surface area contributed by atoms with Gasteiger partial charge in [0.1, 0.15) is 0 Å². The van der Waals surface area contributed by atoms with Gasteiger partial charge in [0.05, 0.1) is 16.4 Å². The molecule has 0 unspecified atom stereocenters. The number of non-ortho nitro benzene ring substituents is 1.